The normalized spacial score (nSPS) is 13.9. The monoisotopic (exact) mass is 458 g/mol. The van der Waals surface area contributed by atoms with Crippen molar-refractivity contribution in [2.45, 2.75) is 12.8 Å². The maximum atomic E-state index is 13.0. The van der Waals surface area contributed by atoms with Gasteiger partial charge in [0.2, 0.25) is 0 Å². The Bertz CT molecular complexity index is 919. The number of nitrogens with one attached hydrogen (secondary N) is 1. The second kappa shape index (κ2) is 9.60. The van der Waals surface area contributed by atoms with Crippen LogP contribution in [-0.2, 0) is 4.79 Å². The van der Waals surface area contributed by atoms with Crippen molar-refractivity contribution in [3.05, 3.63) is 63.8 Å². The van der Waals surface area contributed by atoms with Gasteiger partial charge >= 0.3 is 0 Å². The molecule has 29 heavy (non-hydrogen) atoms. The Morgan fingerprint density at radius 2 is 1.66 bits per heavy atom. The third-order valence-electron chi connectivity index (χ3n) is 4.70. The van der Waals surface area contributed by atoms with E-state index in [4.69, 9.17) is 9.47 Å². The lowest BCUT2D eigenvalue weighted by atomic mass is 10.1. The largest absolute Gasteiger partial charge is 0.493 e. The second-order valence-corrected chi connectivity index (χ2v) is 7.55. The highest BCUT2D eigenvalue weighted by molar-refractivity contribution is 9.10. The molecule has 0 spiro atoms. The lowest BCUT2D eigenvalue weighted by Crippen LogP contribution is -2.36. The molecule has 2 aromatic rings. The van der Waals surface area contributed by atoms with Crippen LogP contribution in [0.2, 0.25) is 0 Å². The number of rotatable bonds is 6. The maximum Gasteiger partial charge on any atom is 0.270 e. The van der Waals surface area contributed by atoms with Crippen LogP contribution in [0.4, 0.5) is 0 Å². The summed E-state index contributed by atoms with van der Waals surface area (Å²) in [5.41, 5.74) is 1.44. The van der Waals surface area contributed by atoms with E-state index in [1.165, 1.54) is 14.2 Å². The van der Waals surface area contributed by atoms with Crippen LogP contribution in [0.3, 0.4) is 0 Å². The highest BCUT2D eigenvalue weighted by atomic mass is 79.9. The smallest absolute Gasteiger partial charge is 0.270 e. The number of halogens is 1. The quantitative estimate of drug-likeness (QED) is 0.667. The van der Waals surface area contributed by atoms with Crippen LogP contribution in [0.5, 0.6) is 11.5 Å². The molecule has 1 aliphatic rings. The van der Waals surface area contributed by atoms with Crippen LogP contribution in [0, 0.1) is 0 Å². The number of carbonyl (C=O) groups excluding carboxylic acids is 2. The van der Waals surface area contributed by atoms with E-state index < -0.39 is 0 Å². The Hall–Kier alpha value is -2.80. The number of methoxy groups -OCH3 is 2. The fourth-order valence-corrected chi connectivity index (χ4v) is 3.40. The van der Waals surface area contributed by atoms with Crippen molar-refractivity contribution in [3.8, 4) is 11.5 Å². The highest BCUT2D eigenvalue weighted by Gasteiger charge is 2.23. The number of ether oxygens (including phenoxy) is 2. The first kappa shape index (κ1) is 20.9. The minimum absolute atomic E-state index is 0.181. The van der Waals surface area contributed by atoms with Gasteiger partial charge in [0.25, 0.3) is 11.8 Å². The number of carbonyl (C=O) groups is 2. The number of likely N-dealkylation sites (tertiary alicyclic amines) is 1. The minimum atomic E-state index is -0.387. The molecule has 1 heterocycles. The molecule has 1 aliphatic heterocycles. The van der Waals surface area contributed by atoms with E-state index in [9.17, 15) is 9.59 Å². The molecular formula is C22H23BrN2O4. The average Bonchev–Trinajstić information content (AvgIpc) is 3.28. The Labute approximate surface area is 178 Å². The van der Waals surface area contributed by atoms with Crippen LogP contribution in [0.25, 0.3) is 6.08 Å². The van der Waals surface area contributed by atoms with Crippen molar-refractivity contribution in [1.82, 2.24) is 10.2 Å². The zero-order valence-electron chi connectivity index (χ0n) is 16.4. The summed E-state index contributed by atoms with van der Waals surface area (Å²) in [5, 5.41) is 2.78. The molecule has 152 valence electrons. The Morgan fingerprint density at radius 3 is 2.28 bits per heavy atom. The number of hydrogen-bond acceptors (Lipinski definition) is 4. The van der Waals surface area contributed by atoms with Crippen LogP contribution in [-0.4, -0.2) is 44.0 Å². The summed E-state index contributed by atoms with van der Waals surface area (Å²) in [7, 11) is 3.04. The van der Waals surface area contributed by atoms with Gasteiger partial charge in [-0.3, -0.25) is 9.59 Å². The van der Waals surface area contributed by atoms with Gasteiger partial charge in [0.15, 0.2) is 11.5 Å². The van der Waals surface area contributed by atoms with Gasteiger partial charge < -0.3 is 19.7 Å². The molecule has 7 heteroatoms. The van der Waals surface area contributed by atoms with E-state index in [0.717, 1.165) is 22.9 Å². The molecule has 0 aromatic heterocycles. The lowest BCUT2D eigenvalue weighted by molar-refractivity contribution is -0.126. The van der Waals surface area contributed by atoms with Crippen molar-refractivity contribution in [2.24, 2.45) is 0 Å². The SMILES string of the molecule is COc1ccc(C(=O)NC(=Cc2ccc(Br)cc2)C(=O)N2CCCC2)cc1OC. The topological polar surface area (TPSA) is 67.9 Å². The molecule has 1 saturated heterocycles. The molecule has 0 bridgehead atoms. The highest BCUT2D eigenvalue weighted by Crippen LogP contribution is 2.27. The molecule has 2 aromatic carbocycles. The fourth-order valence-electron chi connectivity index (χ4n) is 3.14. The van der Waals surface area contributed by atoms with Gasteiger partial charge in [-0.05, 0) is 54.8 Å². The second-order valence-electron chi connectivity index (χ2n) is 6.63. The van der Waals surface area contributed by atoms with Crippen molar-refractivity contribution >= 4 is 33.8 Å². The summed E-state index contributed by atoms with van der Waals surface area (Å²) >= 11 is 3.40. The third kappa shape index (κ3) is 5.17. The van der Waals surface area contributed by atoms with Gasteiger partial charge in [-0.15, -0.1) is 0 Å². The molecule has 1 fully saturated rings. The first-order valence-corrected chi connectivity index (χ1v) is 10.1. The summed E-state index contributed by atoms with van der Waals surface area (Å²) in [6.07, 6.45) is 3.65. The molecule has 6 nitrogen and oxygen atoms in total. The van der Waals surface area contributed by atoms with Crippen LogP contribution in [0.1, 0.15) is 28.8 Å². The standard InChI is InChI=1S/C22H23BrN2O4/c1-28-19-10-7-16(14-20(19)29-2)21(26)24-18(22(27)25-11-3-4-12-25)13-15-5-8-17(23)9-6-15/h5-10,13-14H,3-4,11-12H2,1-2H3,(H,24,26). The van der Waals surface area contributed by atoms with Crippen molar-refractivity contribution < 1.29 is 19.1 Å². The number of hydrogen-bond donors (Lipinski definition) is 1. The molecular weight excluding hydrogens is 436 g/mol. The molecule has 0 aliphatic carbocycles. The van der Waals surface area contributed by atoms with Crippen LogP contribution >= 0.6 is 15.9 Å². The van der Waals surface area contributed by atoms with E-state index >= 15 is 0 Å². The average molecular weight is 459 g/mol. The van der Waals surface area contributed by atoms with E-state index in [2.05, 4.69) is 21.2 Å². The Kier molecular flexibility index (Phi) is 6.93. The molecule has 0 saturated carbocycles. The lowest BCUT2D eigenvalue weighted by Gasteiger charge is -2.18. The summed E-state index contributed by atoms with van der Waals surface area (Å²) in [6.45, 7) is 1.39. The van der Waals surface area contributed by atoms with E-state index in [0.29, 0.717) is 30.2 Å². The molecule has 0 radical (unpaired) electrons. The summed E-state index contributed by atoms with van der Waals surface area (Å²) in [4.78, 5) is 27.6. The predicted octanol–water partition coefficient (Wildman–Crippen LogP) is 3.86. The van der Waals surface area contributed by atoms with Gasteiger partial charge in [0, 0.05) is 23.1 Å². The van der Waals surface area contributed by atoms with Crippen molar-refractivity contribution in [2.75, 3.05) is 27.3 Å². The van der Waals surface area contributed by atoms with Crippen molar-refractivity contribution in [3.63, 3.8) is 0 Å². The molecule has 2 amide bonds. The summed E-state index contributed by atoms with van der Waals surface area (Å²) in [5.74, 6) is 0.411. The number of benzene rings is 2. The summed E-state index contributed by atoms with van der Waals surface area (Å²) in [6, 6.07) is 12.4. The predicted molar refractivity (Wildman–Crippen MR) is 115 cm³/mol. The fraction of sp³-hybridized carbons (Fsp3) is 0.273. The molecule has 3 rings (SSSR count). The van der Waals surface area contributed by atoms with Crippen LogP contribution < -0.4 is 14.8 Å². The number of nitrogens with zero attached hydrogens (tertiary/aromatic N) is 1. The first-order chi connectivity index (χ1) is 14.0. The van der Waals surface area contributed by atoms with Gasteiger partial charge in [0.1, 0.15) is 5.70 Å². The van der Waals surface area contributed by atoms with Crippen molar-refractivity contribution in [1.29, 1.82) is 0 Å². The van der Waals surface area contributed by atoms with Gasteiger partial charge in [-0.25, -0.2) is 0 Å². The maximum absolute atomic E-state index is 13.0. The summed E-state index contributed by atoms with van der Waals surface area (Å²) < 4.78 is 11.4. The van der Waals surface area contributed by atoms with E-state index in [1.807, 2.05) is 24.3 Å². The van der Waals surface area contributed by atoms with Gasteiger partial charge in [0.05, 0.1) is 14.2 Å². The molecule has 0 unspecified atom stereocenters. The van der Waals surface area contributed by atoms with Crippen LogP contribution in [0.15, 0.2) is 52.6 Å². The Balaban J connectivity index is 1.88. The minimum Gasteiger partial charge on any atom is -0.493 e. The molecule has 0 atom stereocenters. The van der Waals surface area contributed by atoms with E-state index in [-0.39, 0.29) is 17.5 Å². The molecule has 1 N–H and O–H groups in total. The zero-order chi connectivity index (χ0) is 20.8. The first-order valence-electron chi connectivity index (χ1n) is 9.31. The number of amides is 2. The van der Waals surface area contributed by atoms with E-state index in [1.54, 1.807) is 29.2 Å². The zero-order valence-corrected chi connectivity index (χ0v) is 18.0. The third-order valence-corrected chi connectivity index (χ3v) is 5.23. The van der Waals surface area contributed by atoms with Gasteiger partial charge in [-0.2, -0.15) is 0 Å². The Morgan fingerprint density at radius 1 is 1.00 bits per heavy atom. The van der Waals surface area contributed by atoms with Gasteiger partial charge in [-0.1, -0.05) is 28.1 Å².